The van der Waals surface area contributed by atoms with Crippen LogP contribution in [0.3, 0.4) is 0 Å². The Labute approximate surface area is 81.8 Å². The molecule has 0 atom stereocenters. The van der Waals surface area contributed by atoms with Crippen LogP contribution in [-0.4, -0.2) is 21.7 Å². The molecule has 2 N–H and O–H groups in total. The zero-order valence-electron chi connectivity index (χ0n) is 8.50. The summed E-state index contributed by atoms with van der Waals surface area (Å²) in [7, 11) is 0. The van der Waals surface area contributed by atoms with Crippen molar-refractivity contribution in [2.24, 2.45) is 0 Å². The monoisotopic (exact) mass is 198 g/mol. The first-order chi connectivity index (χ1) is 6.45. The molecular formula is C9H14N2O3. The summed E-state index contributed by atoms with van der Waals surface area (Å²) in [6.07, 6.45) is 0. The van der Waals surface area contributed by atoms with Gasteiger partial charge in [0.25, 0.3) is 5.56 Å². The van der Waals surface area contributed by atoms with Crippen LogP contribution in [0.5, 0.6) is 5.88 Å². The maximum atomic E-state index is 11.1. The summed E-state index contributed by atoms with van der Waals surface area (Å²) in [5.74, 6) is 0.0286. The van der Waals surface area contributed by atoms with Gasteiger partial charge in [-0.25, -0.2) is 0 Å². The van der Waals surface area contributed by atoms with Crippen molar-refractivity contribution < 1.29 is 9.84 Å². The van der Waals surface area contributed by atoms with Crippen LogP contribution in [0, 0.1) is 0 Å². The fraction of sp³-hybridized carbons (Fsp3) is 0.556. The Balaban J connectivity index is 3.12. The van der Waals surface area contributed by atoms with Crippen molar-refractivity contribution in [1.82, 2.24) is 9.97 Å². The van der Waals surface area contributed by atoms with E-state index in [1.54, 1.807) is 13.8 Å². The SMILES string of the molecule is CCOC(C)(C)c1nc(O)cc(=O)[nH]1. The third-order valence-electron chi connectivity index (χ3n) is 1.80. The number of hydrogen-bond donors (Lipinski definition) is 2. The number of aromatic amines is 1. The Morgan fingerprint density at radius 3 is 2.79 bits per heavy atom. The van der Waals surface area contributed by atoms with E-state index in [9.17, 15) is 4.79 Å². The summed E-state index contributed by atoms with van der Waals surface area (Å²) in [4.78, 5) is 17.4. The Bertz CT molecular complexity index is 371. The number of nitrogens with one attached hydrogen (secondary N) is 1. The minimum atomic E-state index is -0.702. The standard InChI is InChI=1S/C9H14N2O3/c1-4-14-9(2,3)8-10-6(12)5-7(13)11-8/h5H,4H2,1-3H3,(H2,10,11,12,13). The smallest absolute Gasteiger partial charge is 0.254 e. The van der Waals surface area contributed by atoms with Gasteiger partial charge < -0.3 is 14.8 Å². The van der Waals surface area contributed by atoms with E-state index in [-0.39, 0.29) is 11.4 Å². The maximum Gasteiger partial charge on any atom is 0.254 e. The van der Waals surface area contributed by atoms with Gasteiger partial charge >= 0.3 is 0 Å². The minimum Gasteiger partial charge on any atom is -0.493 e. The molecule has 78 valence electrons. The zero-order chi connectivity index (χ0) is 10.8. The van der Waals surface area contributed by atoms with Crippen LogP contribution in [-0.2, 0) is 10.3 Å². The van der Waals surface area contributed by atoms with Gasteiger partial charge in [-0.2, -0.15) is 4.98 Å². The summed E-state index contributed by atoms with van der Waals surface area (Å²) in [5.41, 5.74) is -1.09. The lowest BCUT2D eigenvalue weighted by atomic mass is 10.1. The molecule has 1 aromatic rings. The van der Waals surface area contributed by atoms with E-state index in [0.29, 0.717) is 12.4 Å². The number of hydrogen-bond acceptors (Lipinski definition) is 4. The van der Waals surface area contributed by atoms with Crippen molar-refractivity contribution >= 4 is 0 Å². The van der Waals surface area contributed by atoms with Crippen LogP contribution in [0.4, 0.5) is 0 Å². The lowest BCUT2D eigenvalue weighted by Crippen LogP contribution is -2.27. The highest BCUT2D eigenvalue weighted by molar-refractivity contribution is 5.10. The number of H-pyrrole nitrogens is 1. The molecule has 0 saturated heterocycles. The first-order valence-electron chi connectivity index (χ1n) is 4.40. The van der Waals surface area contributed by atoms with Gasteiger partial charge in [-0.3, -0.25) is 4.79 Å². The Morgan fingerprint density at radius 2 is 2.29 bits per heavy atom. The van der Waals surface area contributed by atoms with E-state index in [0.717, 1.165) is 6.07 Å². The summed E-state index contributed by atoms with van der Waals surface area (Å²) < 4.78 is 5.38. The molecule has 0 aromatic carbocycles. The highest BCUT2D eigenvalue weighted by Gasteiger charge is 2.24. The molecule has 14 heavy (non-hydrogen) atoms. The first-order valence-corrected chi connectivity index (χ1v) is 4.40. The molecule has 0 bridgehead atoms. The lowest BCUT2D eigenvalue weighted by molar-refractivity contribution is -0.0213. The van der Waals surface area contributed by atoms with Crippen molar-refractivity contribution in [3.05, 3.63) is 22.2 Å². The highest BCUT2D eigenvalue weighted by Crippen LogP contribution is 2.20. The van der Waals surface area contributed by atoms with Crippen molar-refractivity contribution in [3.8, 4) is 5.88 Å². The van der Waals surface area contributed by atoms with Gasteiger partial charge in [-0.05, 0) is 20.8 Å². The molecule has 0 spiro atoms. The second-order valence-corrected chi connectivity index (χ2v) is 3.40. The molecule has 0 aliphatic rings. The fourth-order valence-corrected chi connectivity index (χ4v) is 1.16. The van der Waals surface area contributed by atoms with E-state index in [1.165, 1.54) is 0 Å². The molecule has 1 rings (SSSR count). The van der Waals surface area contributed by atoms with E-state index < -0.39 is 5.60 Å². The van der Waals surface area contributed by atoms with Crippen LogP contribution in [0.15, 0.2) is 10.9 Å². The molecule has 0 amide bonds. The van der Waals surface area contributed by atoms with Crippen molar-refractivity contribution in [2.75, 3.05) is 6.61 Å². The van der Waals surface area contributed by atoms with Gasteiger partial charge in [-0.1, -0.05) is 0 Å². The molecule has 0 aliphatic heterocycles. The van der Waals surface area contributed by atoms with Gasteiger partial charge in [0.05, 0.1) is 6.07 Å². The Kier molecular flexibility index (Phi) is 2.90. The number of aromatic nitrogens is 2. The minimum absolute atomic E-state index is 0.295. The van der Waals surface area contributed by atoms with Gasteiger partial charge in [0, 0.05) is 6.61 Å². The number of ether oxygens (including phenoxy) is 1. The fourth-order valence-electron chi connectivity index (χ4n) is 1.16. The molecular weight excluding hydrogens is 184 g/mol. The van der Waals surface area contributed by atoms with Crippen LogP contribution in [0.2, 0.25) is 0 Å². The second-order valence-electron chi connectivity index (χ2n) is 3.40. The third kappa shape index (κ3) is 2.32. The first kappa shape index (κ1) is 10.7. The average Bonchev–Trinajstić information content (AvgIpc) is 2.02. The predicted octanol–water partition coefficient (Wildman–Crippen LogP) is 0.747. The van der Waals surface area contributed by atoms with Crippen molar-refractivity contribution in [3.63, 3.8) is 0 Å². The van der Waals surface area contributed by atoms with E-state index in [2.05, 4.69) is 9.97 Å². The molecule has 5 heteroatoms. The molecule has 0 fully saturated rings. The maximum absolute atomic E-state index is 11.1. The summed E-state index contributed by atoms with van der Waals surface area (Å²) >= 11 is 0. The van der Waals surface area contributed by atoms with Gasteiger partial charge in [0.2, 0.25) is 5.88 Å². The Hall–Kier alpha value is -1.36. The van der Waals surface area contributed by atoms with Gasteiger partial charge in [-0.15, -0.1) is 0 Å². The number of rotatable bonds is 3. The number of aromatic hydroxyl groups is 1. The average molecular weight is 198 g/mol. The largest absolute Gasteiger partial charge is 0.493 e. The zero-order valence-corrected chi connectivity index (χ0v) is 8.50. The van der Waals surface area contributed by atoms with Crippen LogP contribution in [0.1, 0.15) is 26.6 Å². The van der Waals surface area contributed by atoms with Crippen LogP contribution >= 0.6 is 0 Å². The third-order valence-corrected chi connectivity index (χ3v) is 1.80. The second kappa shape index (κ2) is 3.79. The highest BCUT2D eigenvalue weighted by atomic mass is 16.5. The molecule has 0 radical (unpaired) electrons. The van der Waals surface area contributed by atoms with Crippen molar-refractivity contribution in [1.29, 1.82) is 0 Å². The normalized spacial score (nSPS) is 11.6. The molecule has 5 nitrogen and oxygen atoms in total. The van der Waals surface area contributed by atoms with Crippen molar-refractivity contribution in [2.45, 2.75) is 26.4 Å². The predicted molar refractivity (Wildman–Crippen MR) is 51.2 cm³/mol. The topological polar surface area (TPSA) is 75.2 Å². The van der Waals surface area contributed by atoms with Crippen LogP contribution < -0.4 is 5.56 Å². The summed E-state index contributed by atoms with van der Waals surface area (Å²) in [5, 5.41) is 9.14. The quantitative estimate of drug-likeness (QED) is 0.751. The Morgan fingerprint density at radius 1 is 1.64 bits per heavy atom. The van der Waals surface area contributed by atoms with E-state index in [1.807, 2.05) is 6.92 Å². The number of nitrogens with zero attached hydrogens (tertiary/aromatic N) is 1. The van der Waals surface area contributed by atoms with E-state index >= 15 is 0 Å². The molecule has 1 aromatic heterocycles. The summed E-state index contributed by atoms with van der Waals surface area (Å²) in [6.45, 7) is 5.90. The van der Waals surface area contributed by atoms with Gasteiger partial charge in [0.1, 0.15) is 11.4 Å². The van der Waals surface area contributed by atoms with Crippen LogP contribution in [0.25, 0.3) is 0 Å². The molecule has 0 aliphatic carbocycles. The molecule has 0 saturated carbocycles. The van der Waals surface area contributed by atoms with E-state index in [4.69, 9.17) is 9.84 Å². The summed E-state index contributed by atoms with van der Waals surface area (Å²) in [6, 6.07) is 1.02. The lowest BCUT2D eigenvalue weighted by Gasteiger charge is -2.22. The molecule has 1 heterocycles. The molecule has 0 unspecified atom stereocenters. The van der Waals surface area contributed by atoms with Gasteiger partial charge in [0.15, 0.2) is 0 Å².